The third kappa shape index (κ3) is 4.72. The van der Waals surface area contributed by atoms with Gasteiger partial charge in [0.1, 0.15) is 23.8 Å². The van der Waals surface area contributed by atoms with Gasteiger partial charge in [-0.15, -0.1) is 11.3 Å². The summed E-state index contributed by atoms with van der Waals surface area (Å²) in [4.78, 5) is 5.56. The van der Waals surface area contributed by atoms with Crippen LogP contribution in [0.15, 0.2) is 46.2 Å². The number of oxazole rings is 1. The van der Waals surface area contributed by atoms with Crippen molar-refractivity contribution in [1.29, 1.82) is 0 Å². The van der Waals surface area contributed by atoms with Gasteiger partial charge in [0.2, 0.25) is 5.89 Å². The summed E-state index contributed by atoms with van der Waals surface area (Å²) in [5, 5.41) is 2.01. The Labute approximate surface area is 157 Å². The number of hydrogen-bond donors (Lipinski definition) is 1. The Kier molecular flexibility index (Phi) is 6.44. The molecule has 0 fully saturated rings. The second kappa shape index (κ2) is 8.98. The van der Waals surface area contributed by atoms with E-state index >= 15 is 0 Å². The van der Waals surface area contributed by atoms with Crippen LogP contribution in [0.3, 0.4) is 0 Å². The van der Waals surface area contributed by atoms with Crippen LogP contribution in [-0.4, -0.2) is 24.2 Å². The number of aryl methyl sites for hydroxylation is 1. The van der Waals surface area contributed by atoms with Crippen molar-refractivity contribution in [2.75, 3.05) is 13.2 Å². The van der Waals surface area contributed by atoms with Crippen molar-refractivity contribution in [3.63, 3.8) is 0 Å². The van der Waals surface area contributed by atoms with Crippen molar-refractivity contribution in [2.45, 2.75) is 33.0 Å². The molecule has 1 atom stereocenters. The Morgan fingerprint density at radius 3 is 2.69 bits per heavy atom. The van der Waals surface area contributed by atoms with E-state index in [0.717, 1.165) is 28.5 Å². The lowest BCUT2D eigenvalue weighted by Gasteiger charge is -2.15. The van der Waals surface area contributed by atoms with Gasteiger partial charge in [-0.25, -0.2) is 4.98 Å². The fraction of sp³-hybridized carbons (Fsp3) is 0.350. The summed E-state index contributed by atoms with van der Waals surface area (Å²) in [5.74, 6) is 2.23. The SMILES string of the molecule is CCO[C@H](CN)Cc1ccc(OCc2nc(-c3cccs3)oc2C)cc1. The van der Waals surface area contributed by atoms with Gasteiger partial charge in [0.25, 0.3) is 0 Å². The first kappa shape index (κ1) is 18.6. The van der Waals surface area contributed by atoms with Crippen LogP contribution < -0.4 is 10.5 Å². The average Bonchev–Trinajstić information content (AvgIpc) is 3.30. The molecule has 2 aromatic heterocycles. The number of hydrogen-bond acceptors (Lipinski definition) is 6. The van der Waals surface area contributed by atoms with E-state index in [0.29, 0.717) is 25.6 Å². The summed E-state index contributed by atoms with van der Waals surface area (Å²) >= 11 is 1.61. The minimum Gasteiger partial charge on any atom is -0.487 e. The fourth-order valence-corrected chi connectivity index (χ4v) is 3.30. The zero-order chi connectivity index (χ0) is 18.4. The van der Waals surface area contributed by atoms with E-state index in [1.807, 2.05) is 55.6 Å². The van der Waals surface area contributed by atoms with E-state index in [2.05, 4.69) is 4.98 Å². The molecule has 0 aliphatic rings. The van der Waals surface area contributed by atoms with E-state index in [1.54, 1.807) is 11.3 Å². The van der Waals surface area contributed by atoms with Gasteiger partial charge < -0.3 is 19.6 Å². The van der Waals surface area contributed by atoms with Crippen molar-refractivity contribution in [2.24, 2.45) is 5.73 Å². The van der Waals surface area contributed by atoms with Gasteiger partial charge in [-0.3, -0.25) is 0 Å². The Morgan fingerprint density at radius 1 is 1.23 bits per heavy atom. The van der Waals surface area contributed by atoms with E-state index in [1.165, 1.54) is 5.56 Å². The van der Waals surface area contributed by atoms with Gasteiger partial charge in [0.15, 0.2) is 0 Å². The predicted octanol–water partition coefficient (Wildman–Crippen LogP) is 4.20. The molecule has 2 heterocycles. The maximum absolute atomic E-state index is 5.86. The number of rotatable bonds is 9. The van der Waals surface area contributed by atoms with Gasteiger partial charge in [0.05, 0.1) is 11.0 Å². The van der Waals surface area contributed by atoms with Crippen molar-refractivity contribution in [1.82, 2.24) is 4.98 Å². The molecule has 1 aromatic carbocycles. The molecule has 0 aliphatic carbocycles. The van der Waals surface area contributed by atoms with Crippen molar-refractivity contribution in [3.8, 4) is 16.5 Å². The van der Waals surface area contributed by atoms with Crippen LogP contribution >= 0.6 is 11.3 Å². The topological polar surface area (TPSA) is 70.5 Å². The Hall–Kier alpha value is -2.15. The lowest BCUT2D eigenvalue weighted by atomic mass is 10.1. The maximum Gasteiger partial charge on any atom is 0.236 e. The van der Waals surface area contributed by atoms with Crippen LogP contribution in [0.2, 0.25) is 0 Å². The molecule has 0 radical (unpaired) electrons. The molecule has 3 rings (SSSR count). The molecule has 138 valence electrons. The second-order valence-electron chi connectivity index (χ2n) is 5.95. The largest absolute Gasteiger partial charge is 0.487 e. The van der Waals surface area contributed by atoms with Gasteiger partial charge >= 0.3 is 0 Å². The smallest absolute Gasteiger partial charge is 0.236 e. The van der Waals surface area contributed by atoms with Gasteiger partial charge in [-0.2, -0.15) is 0 Å². The molecule has 6 heteroatoms. The number of aromatic nitrogens is 1. The number of benzene rings is 1. The maximum atomic E-state index is 5.86. The minimum absolute atomic E-state index is 0.0558. The molecular weight excluding hydrogens is 348 g/mol. The standard InChI is InChI=1S/C20H24N2O3S/c1-3-23-17(12-21)11-15-6-8-16(9-7-15)24-13-18-14(2)25-20(22-18)19-5-4-10-26-19/h4-10,17H,3,11-13,21H2,1-2H3/t17-/m0/s1. The van der Waals surface area contributed by atoms with Crippen molar-refractivity contribution < 1.29 is 13.9 Å². The van der Waals surface area contributed by atoms with Crippen LogP contribution in [0.1, 0.15) is 23.9 Å². The number of ether oxygens (including phenoxy) is 2. The summed E-state index contributed by atoms with van der Waals surface area (Å²) in [7, 11) is 0. The Balaban J connectivity index is 1.58. The van der Waals surface area contributed by atoms with Crippen LogP contribution in [0, 0.1) is 6.92 Å². The van der Waals surface area contributed by atoms with Crippen LogP contribution in [0.4, 0.5) is 0 Å². The molecule has 0 saturated carbocycles. The number of thiophene rings is 1. The van der Waals surface area contributed by atoms with Crippen LogP contribution in [0.5, 0.6) is 5.75 Å². The van der Waals surface area contributed by atoms with Crippen molar-refractivity contribution >= 4 is 11.3 Å². The van der Waals surface area contributed by atoms with E-state index in [4.69, 9.17) is 19.6 Å². The summed E-state index contributed by atoms with van der Waals surface area (Å²) in [6.45, 7) is 5.46. The second-order valence-corrected chi connectivity index (χ2v) is 6.90. The normalized spacial score (nSPS) is 12.3. The first-order chi connectivity index (χ1) is 12.7. The molecule has 0 saturated heterocycles. The van der Waals surface area contributed by atoms with Gasteiger partial charge in [-0.1, -0.05) is 18.2 Å². The summed E-state index contributed by atoms with van der Waals surface area (Å²) in [5.41, 5.74) is 7.73. The third-order valence-electron chi connectivity index (χ3n) is 4.05. The van der Waals surface area contributed by atoms with E-state index in [-0.39, 0.29) is 6.10 Å². The minimum atomic E-state index is 0.0558. The zero-order valence-corrected chi connectivity index (χ0v) is 15.9. The molecule has 2 N–H and O–H groups in total. The number of nitrogens with zero attached hydrogens (tertiary/aromatic N) is 1. The molecule has 0 spiro atoms. The van der Waals surface area contributed by atoms with Gasteiger partial charge in [0, 0.05) is 13.2 Å². The molecule has 0 unspecified atom stereocenters. The summed E-state index contributed by atoms with van der Waals surface area (Å²) < 4.78 is 17.2. The quantitative estimate of drug-likeness (QED) is 0.610. The van der Waals surface area contributed by atoms with Crippen LogP contribution in [0.25, 0.3) is 10.8 Å². The lowest BCUT2D eigenvalue weighted by Crippen LogP contribution is -2.26. The predicted molar refractivity (Wildman–Crippen MR) is 103 cm³/mol. The molecular formula is C20H24N2O3S. The van der Waals surface area contributed by atoms with Gasteiger partial charge in [-0.05, 0) is 49.4 Å². The fourth-order valence-electron chi connectivity index (χ4n) is 2.65. The highest BCUT2D eigenvalue weighted by Gasteiger charge is 2.13. The first-order valence-corrected chi connectivity index (χ1v) is 9.61. The first-order valence-electron chi connectivity index (χ1n) is 8.73. The molecule has 26 heavy (non-hydrogen) atoms. The number of nitrogens with two attached hydrogens (primary N) is 1. The Morgan fingerprint density at radius 2 is 2.04 bits per heavy atom. The average molecular weight is 372 g/mol. The van der Waals surface area contributed by atoms with Crippen LogP contribution in [-0.2, 0) is 17.8 Å². The monoisotopic (exact) mass is 372 g/mol. The summed E-state index contributed by atoms with van der Waals surface area (Å²) in [6.07, 6.45) is 0.859. The molecule has 5 nitrogen and oxygen atoms in total. The lowest BCUT2D eigenvalue weighted by molar-refractivity contribution is 0.0694. The molecule has 0 bridgehead atoms. The third-order valence-corrected chi connectivity index (χ3v) is 4.91. The van der Waals surface area contributed by atoms with E-state index < -0.39 is 0 Å². The summed E-state index contributed by atoms with van der Waals surface area (Å²) in [6, 6.07) is 12.0. The highest BCUT2D eigenvalue weighted by atomic mass is 32.1. The molecule has 0 aliphatic heterocycles. The zero-order valence-electron chi connectivity index (χ0n) is 15.1. The van der Waals surface area contributed by atoms with Crippen molar-refractivity contribution in [3.05, 3.63) is 58.8 Å². The molecule has 0 amide bonds. The molecule has 3 aromatic rings. The highest BCUT2D eigenvalue weighted by molar-refractivity contribution is 7.13. The Bertz CT molecular complexity index is 797. The highest BCUT2D eigenvalue weighted by Crippen LogP contribution is 2.26. The van der Waals surface area contributed by atoms with E-state index in [9.17, 15) is 0 Å².